The molecular weight excluding hydrogens is 260 g/mol. The third kappa shape index (κ3) is 7.50. The van der Waals surface area contributed by atoms with Gasteiger partial charge >= 0.3 is 5.97 Å². The van der Waals surface area contributed by atoms with Crippen molar-refractivity contribution in [1.29, 1.82) is 0 Å². The van der Waals surface area contributed by atoms with E-state index in [-0.39, 0.29) is 11.9 Å². The molecule has 0 aromatic carbocycles. The second kappa shape index (κ2) is 9.81. The molecule has 0 aliphatic carbocycles. The van der Waals surface area contributed by atoms with E-state index in [9.17, 15) is 4.79 Å². The van der Waals surface area contributed by atoms with Gasteiger partial charge in [-0.3, -0.25) is 4.79 Å². The summed E-state index contributed by atoms with van der Waals surface area (Å²) < 4.78 is 4.84. The summed E-state index contributed by atoms with van der Waals surface area (Å²) in [5.41, 5.74) is 3.89. The van der Waals surface area contributed by atoms with Crippen LogP contribution in [0.2, 0.25) is 0 Å². The Kier molecular flexibility index (Phi) is 9.32. The summed E-state index contributed by atoms with van der Waals surface area (Å²) in [5.74, 6) is 0.930. The van der Waals surface area contributed by atoms with E-state index in [1.807, 2.05) is 6.92 Å². The minimum Gasteiger partial charge on any atom is -0.469 e. The number of allylic oxidation sites excluding steroid dienone is 3. The number of rotatable bonds is 8. The molecule has 0 amide bonds. The number of hydrogen-bond acceptors (Lipinski definition) is 2. The van der Waals surface area contributed by atoms with E-state index in [1.165, 1.54) is 31.1 Å². The first-order valence-electron chi connectivity index (χ1n) is 8.09. The molecular formula is C19H34O2. The van der Waals surface area contributed by atoms with E-state index < -0.39 is 0 Å². The number of esters is 1. The van der Waals surface area contributed by atoms with Crippen molar-refractivity contribution in [2.24, 2.45) is 17.8 Å². The van der Waals surface area contributed by atoms with Crippen LogP contribution in [0.25, 0.3) is 0 Å². The van der Waals surface area contributed by atoms with Gasteiger partial charge in [-0.2, -0.15) is 0 Å². The van der Waals surface area contributed by atoms with Gasteiger partial charge in [0, 0.05) is 0 Å². The van der Waals surface area contributed by atoms with Gasteiger partial charge in [0.2, 0.25) is 0 Å². The molecule has 0 radical (unpaired) electrons. The van der Waals surface area contributed by atoms with E-state index in [0.29, 0.717) is 11.8 Å². The van der Waals surface area contributed by atoms with Gasteiger partial charge in [0.15, 0.2) is 0 Å². The number of carbonyl (C=O) groups excluding carboxylic acids is 1. The minimum atomic E-state index is -0.143. The Labute approximate surface area is 131 Å². The lowest BCUT2D eigenvalue weighted by Crippen LogP contribution is -2.16. The zero-order valence-electron chi connectivity index (χ0n) is 15.2. The Morgan fingerprint density at radius 3 is 2.10 bits per heavy atom. The summed E-state index contributed by atoms with van der Waals surface area (Å²) in [5, 5.41) is 0. The third-order valence-corrected chi connectivity index (χ3v) is 4.53. The molecule has 0 aromatic heterocycles. The van der Waals surface area contributed by atoms with Gasteiger partial charge in [0.1, 0.15) is 0 Å². The molecule has 0 saturated carbocycles. The molecule has 21 heavy (non-hydrogen) atoms. The molecule has 0 N–H and O–H groups in total. The molecule has 2 nitrogen and oxygen atoms in total. The zero-order chi connectivity index (χ0) is 16.6. The molecule has 0 bridgehead atoms. The predicted molar refractivity (Wildman–Crippen MR) is 91.2 cm³/mol. The van der Waals surface area contributed by atoms with Crippen molar-refractivity contribution in [2.45, 2.75) is 67.7 Å². The van der Waals surface area contributed by atoms with Crippen molar-refractivity contribution < 1.29 is 9.53 Å². The molecule has 122 valence electrons. The van der Waals surface area contributed by atoms with Crippen molar-refractivity contribution in [3.8, 4) is 0 Å². The van der Waals surface area contributed by atoms with Gasteiger partial charge in [-0.15, -0.1) is 0 Å². The topological polar surface area (TPSA) is 26.3 Å². The molecule has 0 aliphatic rings. The van der Waals surface area contributed by atoms with Crippen LogP contribution in [-0.4, -0.2) is 13.1 Å². The second-order valence-corrected chi connectivity index (χ2v) is 6.71. The Hall–Kier alpha value is -1.05. The largest absolute Gasteiger partial charge is 0.469 e. The maximum absolute atomic E-state index is 11.6. The van der Waals surface area contributed by atoms with Gasteiger partial charge in [-0.05, 0) is 65.7 Å². The van der Waals surface area contributed by atoms with Crippen LogP contribution in [0.3, 0.4) is 0 Å². The standard InChI is InChI=1S/C19H34O2/c1-13(2)10-9-11-14(3)12-15(4)16(5)17(6)18(7)19(20)21-8/h10,14-15,18H,9,11-12H2,1-8H3/b17-16+. The Morgan fingerprint density at radius 1 is 1.05 bits per heavy atom. The van der Waals surface area contributed by atoms with Crippen molar-refractivity contribution in [1.82, 2.24) is 0 Å². The highest BCUT2D eigenvalue weighted by molar-refractivity contribution is 5.75. The Balaban J connectivity index is 4.58. The molecule has 0 fully saturated rings. The van der Waals surface area contributed by atoms with Gasteiger partial charge < -0.3 is 4.74 Å². The highest BCUT2D eigenvalue weighted by Gasteiger charge is 2.19. The summed E-state index contributed by atoms with van der Waals surface area (Å²) in [6.45, 7) is 15.0. The Bertz CT molecular complexity index is 386. The average Bonchev–Trinajstić information content (AvgIpc) is 2.43. The summed E-state index contributed by atoms with van der Waals surface area (Å²) in [7, 11) is 1.45. The van der Waals surface area contributed by atoms with E-state index in [1.54, 1.807) is 0 Å². The number of carbonyl (C=O) groups is 1. The minimum absolute atomic E-state index is 0.140. The fourth-order valence-electron chi connectivity index (χ4n) is 2.64. The molecule has 0 rings (SSSR count). The molecule has 0 heterocycles. The van der Waals surface area contributed by atoms with Crippen LogP contribution in [0, 0.1) is 17.8 Å². The van der Waals surface area contributed by atoms with Crippen LogP contribution in [0.5, 0.6) is 0 Å². The van der Waals surface area contributed by atoms with E-state index in [0.717, 1.165) is 12.0 Å². The van der Waals surface area contributed by atoms with Crippen molar-refractivity contribution in [2.75, 3.05) is 7.11 Å². The normalized spacial score (nSPS) is 16.6. The quantitative estimate of drug-likeness (QED) is 0.434. The molecule has 0 aromatic rings. The van der Waals surface area contributed by atoms with E-state index in [2.05, 4.69) is 47.6 Å². The summed E-state index contributed by atoms with van der Waals surface area (Å²) in [6.07, 6.45) is 5.88. The fraction of sp³-hybridized carbons (Fsp3) is 0.737. The molecule has 0 spiro atoms. The van der Waals surface area contributed by atoms with Gasteiger partial charge in [0.25, 0.3) is 0 Å². The van der Waals surface area contributed by atoms with Gasteiger partial charge in [-0.1, -0.05) is 36.6 Å². The number of methoxy groups -OCH3 is 1. The first kappa shape index (κ1) is 19.9. The fourth-order valence-corrected chi connectivity index (χ4v) is 2.64. The smallest absolute Gasteiger partial charge is 0.312 e. The van der Waals surface area contributed by atoms with Crippen LogP contribution in [0.15, 0.2) is 22.8 Å². The highest BCUT2D eigenvalue weighted by atomic mass is 16.5. The lowest BCUT2D eigenvalue weighted by atomic mass is 9.84. The summed E-state index contributed by atoms with van der Waals surface area (Å²) in [6, 6.07) is 0. The van der Waals surface area contributed by atoms with Crippen molar-refractivity contribution in [3.63, 3.8) is 0 Å². The van der Waals surface area contributed by atoms with Crippen LogP contribution in [0.1, 0.15) is 67.7 Å². The molecule has 0 saturated heterocycles. The van der Waals surface area contributed by atoms with Gasteiger partial charge in [0.05, 0.1) is 13.0 Å². The van der Waals surface area contributed by atoms with Crippen LogP contribution >= 0.6 is 0 Å². The number of ether oxygens (including phenoxy) is 1. The molecule has 0 aliphatic heterocycles. The monoisotopic (exact) mass is 294 g/mol. The third-order valence-electron chi connectivity index (χ3n) is 4.53. The Morgan fingerprint density at radius 2 is 1.62 bits per heavy atom. The predicted octanol–water partition coefficient (Wildman–Crippen LogP) is 5.54. The van der Waals surface area contributed by atoms with Crippen LogP contribution in [-0.2, 0) is 9.53 Å². The van der Waals surface area contributed by atoms with Crippen LogP contribution < -0.4 is 0 Å². The van der Waals surface area contributed by atoms with Crippen molar-refractivity contribution >= 4 is 5.97 Å². The molecule has 2 heteroatoms. The van der Waals surface area contributed by atoms with Crippen molar-refractivity contribution in [3.05, 3.63) is 22.8 Å². The van der Waals surface area contributed by atoms with E-state index >= 15 is 0 Å². The van der Waals surface area contributed by atoms with Gasteiger partial charge in [-0.25, -0.2) is 0 Å². The first-order valence-corrected chi connectivity index (χ1v) is 8.09. The lowest BCUT2D eigenvalue weighted by Gasteiger charge is -2.22. The van der Waals surface area contributed by atoms with Crippen LogP contribution in [0.4, 0.5) is 0 Å². The first-order chi connectivity index (χ1) is 9.70. The highest BCUT2D eigenvalue weighted by Crippen LogP contribution is 2.27. The summed E-state index contributed by atoms with van der Waals surface area (Å²) >= 11 is 0. The lowest BCUT2D eigenvalue weighted by molar-refractivity contribution is -0.143. The maximum atomic E-state index is 11.6. The second-order valence-electron chi connectivity index (χ2n) is 6.71. The maximum Gasteiger partial charge on any atom is 0.312 e. The molecule has 3 unspecified atom stereocenters. The zero-order valence-corrected chi connectivity index (χ0v) is 15.2. The summed E-state index contributed by atoms with van der Waals surface area (Å²) in [4.78, 5) is 11.6. The average molecular weight is 294 g/mol. The van der Waals surface area contributed by atoms with E-state index in [4.69, 9.17) is 4.74 Å². The number of hydrogen-bond donors (Lipinski definition) is 0. The molecule has 3 atom stereocenters. The SMILES string of the molecule is COC(=O)C(C)/C(C)=C(\C)C(C)CC(C)CCC=C(C)C.